The molecule has 2 heterocycles. The highest BCUT2D eigenvalue weighted by molar-refractivity contribution is 7.99. The number of carbonyl (C=O) groups is 1. The first-order chi connectivity index (χ1) is 14.4. The molecule has 0 aliphatic heterocycles. The van der Waals surface area contributed by atoms with E-state index < -0.39 is 0 Å². The molecule has 7 nitrogen and oxygen atoms in total. The Balaban J connectivity index is 1.65. The maximum atomic E-state index is 12.3. The van der Waals surface area contributed by atoms with Gasteiger partial charge >= 0.3 is 0 Å². The van der Waals surface area contributed by atoms with Gasteiger partial charge in [0.15, 0.2) is 22.2 Å². The summed E-state index contributed by atoms with van der Waals surface area (Å²) in [5, 5.41) is 12.2. The monoisotopic (exact) mass is 445 g/mol. The fourth-order valence-electron chi connectivity index (χ4n) is 2.84. The summed E-state index contributed by atoms with van der Waals surface area (Å²) >= 11 is 7.30. The topological polar surface area (TPSA) is 81.9 Å². The second-order valence-electron chi connectivity index (χ2n) is 6.77. The SMILES string of the molecule is CCn1c(SCC(=O)Nc2cccnc2Cl)nnc1C(C)Oc1ccc(C)c(C)c1. The highest BCUT2D eigenvalue weighted by Gasteiger charge is 2.20. The van der Waals surface area contributed by atoms with E-state index in [1.54, 1.807) is 18.3 Å². The molecule has 0 spiro atoms. The van der Waals surface area contributed by atoms with E-state index in [4.69, 9.17) is 16.3 Å². The van der Waals surface area contributed by atoms with Crippen LogP contribution in [-0.2, 0) is 11.3 Å². The van der Waals surface area contributed by atoms with Crippen LogP contribution in [-0.4, -0.2) is 31.4 Å². The van der Waals surface area contributed by atoms with Gasteiger partial charge in [-0.2, -0.15) is 0 Å². The molecular weight excluding hydrogens is 422 g/mol. The molecule has 1 N–H and O–H groups in total. The Labute approximate surface area is 185 Å². The fourth-order valence-corrected chi connectivity index (χ4v) is 3.82. The van der Waals surface area contributed by atoms with E-state index in [0.29, 0.717) is 23.2 Å². The van der Waals surface area contributed by atoms with Crippen LogP contribution in [0.4, 0.5) is 5.69 Å². The number of amides is 1. The number of aromatic nitrogens is 4. The van der Waals surface area contributed by atoms with Crippen molar-refractivity contribution in [2.45, 2.75) is 45.5 Å². The van der Waals surface area contributed by atoms with Crippen molar-refractivity contribution in [1.82, 2.24) is 19.7 Å². The molecule has 0 fully saturated rings. The Hall–Kier alpha value is -2.58. The maximum absolute atomic E-state index is 12.3. The van der Waals surface area contributed by atoms with E-state index in [0.717, 1.165) is 5.75 Å². The lowest BCUT2D eigenvalue weighted by atomic mass is 10.1. The Morgan fingerprint density at radius 2 is 2.07 bits per heavy atom. The van der Waals surface area contributed by atoms with E-state index in [1.807, 2.05) is 36.6 Å². The molecule has 1 aromatic carbocycles. The third-order valence-corrected chi connectivity index (χ3v) is 5.85. The molecule has 3 aromatic rings. The number of benzene rings is 1. The van der Waals surface area contributed by atoms with Crippen molar-refractivity contribution in [3.63, 3.8) is 0 Å². The van der Waals surface area contributed by atoms with Crippen molar-refractivity contribution in [3.05, 3.63) is 58.6 Å². The Kier molecular flexibility index (Phi) is 7.33. The first-order valence-electron chi connectivity index (χ1n) is 9.59. The molecule has 0 aliphatic carbocycles. The molecule has 1 unspecified atom stereocenters. The van der Waals surface area contributed by atoms with Crippen LogP contribution in [0.25, 0.3) is 0 Å². The summed E-state index contributed by atoms with van der Waals surface area (Å²) in [6, 6.07) is 9.43. The largest absolute Gasteiger partial charge is 0.483 e. The number of ether oxygens (including phenoxy) is 1. The number of nitrogens with zero attached hydrogens (tertiary/aromatic N) is 4. The second-order valence-corrected chi connectivity index (χ2v) is 8.07. The second kappa shape index (κ2) is 9.95. The van der Waals surface area contributed by atoms with Gasteiger partial charge in [0.25, 0.3) is 0 Å². The van der Waals surface area contributed by atoms with Crippen LogP contribution < -0.4 is 10.1 Å². The van der Waals surface area contributed by atoms with Gasteiger partial charge in [0.1, 0.15) is 5.75 Å². The van der Waals surface area contributed by atoms with Crippen LogP contribution in [0.5, 0.6) is 5.75 Å². The first kappa shape index (κ1) is 22.1. The number of nitrogens with one attached hydrogen (secondary N) is 1. The van der Waals surface area contributed by atoms with Crippen LogP contribution in [0.1, 0.15) is 36.9 Å². The minimum atomic E-state index is -0.281. The first-order valence-corrected chi connectivity index (χ1v) is 11.0. The predicted octanol–water partition coefficient (Wildman–Crippen LogP) is 4.83. The lowest BCUT2D eigenvalue weighted by Gasteiger charge is -2.16. The Bertz CT molecular complexity index is 1040. The molecule has 0 saturated heterocycles. The quantitative estimate of drug-likeness (QED) is 0.395. The van der Waals surface area contributed by atoms with Gasteiger partial charge in [0, 0.05) is 12.7 Å². The maximum Gasteiger partial charge on any atom is 0.234 e. The number of thioether (sulfide) groups is 1. The van der Waals surface area contributed by atoms with Crippen LogP contribution >= 0.6 is 23.4 Å². The van der Waals surface area contributed by atoms with Gasteiger partial charge in [-0.25, -0.2) is 4.98 Å². The van der Waals surface area contributed by atoms with Crippen LogP contribution in [0.2, 0.25) is 5.15 Å². The van der Waals surface area contributed by atoms with Crippen molar-refractivity contribution in [3.8, 4) is 5.75 Å². The van der Waals surface area contributed by atoms with Gasteiger partial charge in [-0.3, -0.25) is 4.79 Å². The average molecular weight is 446 g/mol. The van der Waals surface area contributed by atoms with Crippen LogP contribution in [0, 0.1) is 13.8 Å². The third-order valence-electron chi connectivity index (χ3n) is 4.58. The van der Waals surface area contributed by atoms with Crippen LogP contribution in [0.3, 0.4) is 0 Å². The Morgan fingerprint density at radius 3 is 2.77 bits per heavy atom. The summed E-state index contributed by atoms with van der Waals surface area (Å²) in [4.78, 5) is 16.2. The van der Waals surface area contributed by atoms with Gasteiger partial charge in [0.2, 0.25) is 5.91 Å². The normalized spacial score (nSPS) is 11.9. The van der Waals surface area contributed by atoms with E-state index in [2.05, 4.69) is 34.3 Å². The molecule has 9 heteroatoms. The smallest absolute Gasteiger partial charge is 0.234 e. The van der Waals surface area contributed by atoms with Crippen molar-refractivity contribution in [2.24, 2.45) is 0 Å². The highest BCUT2D eigenvalue weighted by atomic mass is 35.5. The Morgan fingerprint density at radius 1 is 1.27 bits per heavy atom. The average Bonchev–Trinajstić information content (AvgIpc) is 3.14. The van der Waals surface area contributed by atoms with Gasteiger partial charge in [-0.1, -0.05) is 29.4 Å². The molecule has 30 heavy (non-hydrogen) atoms. The number of pyridine rings is 1. The minimum absolute atomic E-state index is 0.176. The number of aryl methyl sites for hydroxylation is 2. The highest BCUT2D eigenvalue weighted by Crippen LogP contribution is 2.26. The molecule has 1 atom stereocenters. The molecule has 158 valence electrons. The molecule has 3 rings (SSSR count). The van der Waals surface area contributed by atoms with Gasteiger partial charge in [0.05, 0.1) is 11.4 Å². The molecule has 0 saturated carbocycles. The molecule has 0 radical (unpaired) electrons. The third kappa shape index (κ3) is 5.31. The van der Waals surface area contributed by atoms with Gasteiger partial charge < -0.3 is 14.6 Å². The number of anilines is 1. The standard InChI is InChI=1S/C21H24ClN5O2S/c1-5-27-20(15(4)29-16-9-8-13(2)14(3)11-16)25-26-21(27)30-12-18(28)24-17-7-6-10-23-19(17)22/h6-11,15H,5,12H2,1-4H3,(H,24,28). The zero-order valence-electron chi connectivity index (χ0n) is 17.3. The minimum Gasteiger partial charge on any atom is -0.483 e. The van der Waals surface area contributed by atoms with E-state index in [1.165, 1.54) is 22.9 Å². The van der Waals surface area contributed by atoms with Gasteiger partial charge in [-0.15, -0.1) is 10.2 Å². The van der Waals surface area contributed by atoms with E-state index >= 15 is 0 Å². The number of hydrogen-bond donors (Lipinski definition) is 1. The fraction of sp³-hybridized carbons (Fsp3) is 0.333. The number of rotatable bonds is 8. The zero-order valence-corrected chi connectivity index (χ0v) is 18.9. The van der Waals surface area contributed by atoms with Crippen molar-refractivity contribution in [1.29, 1.82) is 0 Å². The lowest BCUT2D eigenvalue weighted by molar-refractivity contribution is -0.113. The van der Waals surface area contributed by atoms with Crippen molar-refractivity contribution in [2.75, 3.05) is 11.1 Å². The summed E-state index contributed by atoms with van der Waals surface area (Å²) in [5.74, 6) is 1.49. The van der Waals surface area contributed by atoms with Crippen molar-refractivity contribution >= 4 is 35.0 Å². The molecule has 2 aromatic heterocycles. The van der Waals surface area contributed by atoms with Crippen LogP contribution in [0.15, 0.2) is 41.7 Å². The molecule has 0 bridgehead atoms. The zero-order chi connectivity index (χ0) is 21.7. The molecule has 0 aliphatic rings. The number of halogens is 1. The molecular formula is C21H24ClN5O2S. The summed E-state index contributed by atoms with van der Waals surface area (Å²) in [5.41, 5.74) is 2.88. The number of hydrogen-bond acceptors (Lipinski definition) is 6. The molecule has 1 amide bonds. The van der Waals surface area contributed by atoms with E-state index in [-0.39, 0.29) is 22.9 Å². The summed E-state index contributed by atoms with van der Waals surface area (Å²) < 4.78 is 8.04. The van der Waals surface area contributed by atoms with E-state index in [9.17, 15) is 4.79 Å². The lowest BCUT2D eigenvalue weighted by Crippen LogP contribution is -2.16. The summed E-state index contributed by atoms with van der Waals surface area (Å²) in [7, 11) is 0. The summed E-state index contributed by atoms with van der Waals surface area (Å²) in [6.07, 6.45) is 1.29. The van der Waals surface area contributed by atoms with Gasteiger partial charge in [-0.05, 0) is 63.1 Å². The number of carbonyl (C=O) groups excluding carboxylic acids is 1. The predicted molar refractivity (Wildman–Crippen MR) is 119 cm³/mol. The van der Waals surface area contributed by atoms with Crippen molar-refractivity contribution < 1.29 is 9.53 Å². The summed E-state index contributed by atoms with van der Waals surface area (Å²) in [6.45, 7) is 8.74.